The van der Waals surface area contributed by atoms with Crippen molar-refractivity contribution >= 4 is 0 Å². The Morgan fingerprint density at radius 3 is 2.70 bits per heavy atom. The molecule has 3 heteroatoms. The molecule has 0 aliphatic rings. The van der Waals surface area contributed by atoms with Crippen molar-refractivity contribution in [3.05, 3.63) is 35.4 Å². The molecule has 1 N–H and O–H groups in total. The summed E-state index contributed by atoms with van der Waals surface area (Å²) >= 11 is 0. The maximum absolute atomic E-state index is 6.15. The highest BCUT2D eigenvalue weighted by Crippen LogP contribution is 2.20. The third kappa shape index (κ3) is 6.51. The first-order valence-electron chi connectivity index (χ1n) is 7.67. The first-order valence-corrected chi connectivity index (χ1v) is 7.67. The van der Waals surface area contributed by atoms with Gasteiger partial charge < -0.3 is 14.8 Å². The third-order valence-corrected chi connectivity index (χ3v) is 3.12. The molecule has 0 aliphatic heterocycles. The van der Waals surface area contributed by atoms with Crippen molar-refractivity contribution in [3.8, 4) is 0 Å². The Labute approximate surface area is 123 Å². The van der Waals surface area contributed by atoms with E-state index in [2.05, 4.69) is 50.4 Å². The highest BCUT2D eigenvalue weighted by atomic mass is 16.5. The van der Waals surface area contributed by atoms with Gasteiger partial charge in [0.25, 0.3) is 0 Å². The van der Waals surface area contributed by atoms with Gasteiger partial charge in [-0.05, 0) is 39.3 Å². The lowest BCUT2D eigenvalue weighted by molar-refractivity contribution is -0.0469. The maximum Gasteiger partial charge on any atom is 0.0954 e. The molecule has 1 rings (SSSR count). The summed E-state index contributed by atoms with van der Waals surface area (Å²) in [5.41, 5.74) is 2.50. The van der Waals surface area contributed by atoms with E-state index in [0.717, 1.165) is 26.1 Å². The van der Waals surface area contributed by atoms with Gasteiger partial charge in [0.1, 0.15) is 0 Å². The zero-order valence-electron chi connectivity index (χ0n) is 13.3. The van der Waals surface area contributed by atoms with E-state index in [1.165, 1.54) is 11.1 Å². The fourth-order valence-electron chi connectivity index (χ4n) is 2.13. The van der Waals surface area contributed by atoms with E-state index in [-0.39, 0.29) is 12.2 Å². The molecule has 114 valence electrons. The molecular formula is C17H29NO2. The van der Waals surface area contributed by atoms with E-state index in [0.29, 0.717) is 6.61 Å². The lowest BCUT2D eigenvalue weighted by Crippen LogP contribution is -2.28. The summed E-state index contributed by atoms with van der Waals surface area (Å²) in [6, 6.07) is 8.54. The van der Waals surface area contributed by atoms with Crippen LogP contribution in [0.15, 0.2) is 24.3 Å². The van der Waals surface area contributed by atoms with Crippen LogP contribution in [0, 0.1) is 6.92 Å². The highest BCUT2D eigenvalue weighted by Gasteiger charge is 2.15. The SMILES string of the molecule is CCCNCC(OC(C)COCC)c1cccc(C)c1. The van der Waals surface area contributed by atoms with Crippen molar-refractivity contribution < 1.29 is 9.47 Å². The minimum atomic E-state index is 0.0805. The van der Waals surface area contributed by atoms with Crippen LogP contribution in [0.4, 0.5) is 0 Å². The van der Waals surface area contributed by atoms with Gasteiger partial charge in [-0.25, -0.2) is 0 Å². The van der Waals surface area contributed by atoms with Crippen molar-refractivity contribution in [1.82, 2.24) is 5.32 Å². The molecule has 3 nitrogen and oxygen atoms in total. The number of nitrogens with one attached hydrogen (secondary N) is 1. The van der Waals surface area contributed by atoms with Crippen LogP contribution in [0.3, 0.4) is 0 Å². The standard InChI is InChI=1S/C17H29NO2/c1-5-10-18-12-17(20-15(4)13-19-6-2)16-9-7-8-14(3)11-16/h7-9,11,15,17-18H,5-6,10,12-13H2,1-4H3. The maximum atomic E-state index is 6.15. The second kappa shape index (κ2) is 9.92. The zero-order valence-corrected chi connectivity index (χ0v) is 13.3. The lowest BCUT2D eigenvalue weighted by atomic mass is 10.1. The molecule has 0 amide bonds. The van der Waals surface area contributed by atoms with Crippen molar-refractivity contribution in [2.24, 2.45) is 0 Å². The molecular weight excluding hydrogens is 250 g/mol. The van der Waals surface area contributed by atoms with Crippen molar-refractivity contribution in [2.45, 2.75) is 46.3 Å². The molecule has 20 heavy (non-hydrogen) atoms. The molecule has 0 fully saturated rings. The monoisotopic (exact) mass is 279 g/mol. The zero-order chi connectivity index (χ0) is 14.8. The summed E-state index contributed by atoms with van der Waals surface area (Å²) in [5.74, 6) is 0. The van der Waals surface area contributed by atoms with Gasteiger partial charge in [0.2, 0.25) is 0 Å². The summed E-state index contributed by atoms with van der Waals surface area (Å²) in [6.07, 6.45) is 1.32. The van der Waals surface area contributed by atoms with E-state index in [4.69, 9.17) is 9.47 Å². The van der Waals surface area contributed by atoms with Gasteiger partial charge >= 0.3 is 0 Å². The van der Waals surface area contributed by atoms with Crippen LogP contribution in [0.1, 0.15) is 44.4 Å². The molecule has 0 radical (unpaired) electrons. The van der Waals surface area contributed by atoms with Gasteiger partial charge in [0, 0.05) is 13.2 Å². The number of benzene rings is 1. The van der Waals surface area contributed by atoms with Crippen molar-refractivity contribution in [2.75, 3.05) is 26.3 Å². The number of hydrogen-bond acceptors (Lipinski definition) is 3. The largest absolute Gasteiger partial charge is 0.379 e. The third-order valence-electron chi connectivity index (χ3n) is 3.12. The Hall–Kier alpha value is -0.900. The molecule has 0 saturated carbocycles. The lowest BCUT2D eigenvalue weighted by Gasteiger charge is -2.23. The second-order valence-corrected chi connectivity index (χ2v) is 5.21. The summed E-state index contributed by atoms with van der Waals surface area (Å²) < 4.78 is 11.6. The quantitative estimate of drug-likeness (QED) is 0.665. The Morgan fingerprint density at radius 1 is 1.25 bits per heavy atom. The van der Waals surface area contributed by atoms with E-state index in [1.807, 2.05) is 6.92 Å². The topological polar surface area (TPSA) is 30.5 Å². The fraction of sp³-hybridized carbons (Fsp3) is 0.647. The molecule has 0 spiro atoms. The Balaban J connectivity index is 2.64. The molecule has 0 aliphatic carbocycles. The summed E-state index contributed by atoms with van der Waals surface area (Å²) in [4.78, 5) is 0. The number of ether oxygens (including phenoxy) is 2. The molecule has 0 heterocycles. The predicted molar refractivity (Wildman–Crippen MR) is 84.1 cm³/mol. The molecule has 0 saturated heterocycles. The Kier molecular flexibility index (Phi) is 8.51. The Bertz CT molecular complexity index is 368. The van der Waals surface area contributed by atoms with Crippen LogP contribution in [0.5, 0.6) is 0 Å². The van der Waals surface area contributed by atoms with Gasteiger partial charge in [-0.2, -0.15) is 0 Å². The number of hydrogen-bond donors (Lipinski definition) is 1. The van der Waals surface area contributed by atoms with Gasteiger partial charge in [-0.3, -0.25) is 0 Å². The van der Waals surface area contributed by atoms with E-state index in [1.54, 1.807) is 0 Å². The summed E-state index contributed by atoms with van der Waals surface area (Å²) in [5, 5.41) is 3.45. The average molecular weight is 279 g/mol. The van der Waals surface area contributed by atoms with E-state index >= 15 is 0 Å². The van der Waals surface area contributed by atoms with E-state index < -0.39 is 0 Å². The number of rotatable bonds is 10. The summed E-state index contributed by atoms with van der Waals surface area (Å²) in [7, 11) is 0. The van der Waals surface area contributed by atoms with Crippen LogP contribution in [-0.4, -0.2) is 32.4 Å². The van der Waals surface area contributed by atoms with Crippen molar-refractivity contribution in [3.63, 3.8) is 0 Å². The summed E-state index contributed by atoms with van der Waals surface area (Å²) in [6.45, 7) is 11.6. The van der Waals surface area contributed by atoms with Crippen LogP contribution >= 0.6 is 0 Å². The van der Waals surface area contributed by atoms with Gasteiger partial charge in [-0.1, -0.05) is 36.8 Å². The highest BCUT2D eigenvalue weighted by molar-refractivity contribution is 5.24. The molecule has 0 aromatic heterocycles. The minimum Gasteiger partial charge on any atom is -0.379 e. The predicted octanol–water partition coefficient (Wildman–Crippen LogP) is 3.48. The van der Waals surface area contributed by atoms with Crippen LogP contribution in [0.2, 0.25) is 0 Å². The first-order chi connectivity index (χ1) is 9.67. The second-order valence-electron chi connectivity index (χ2n) is 5.21. The van der Waals surface area contributed by atoms with Crippen LogP contribution in [0.25, 0.3) is 0 Å². The average Bonchev–Trinajstić information content (AvgIpc) is 2.44. The minimum absolute atomic E-state index is 0.0805. The smallest absolute Gasteiger partial charge is 0.0954 e. The molecule has 0 bridgehead atoms. The van der Waals surface area contributed by atoms with Crippen LogP contribution in [-0.2, 0) is 9.47 Å². The molecule has 1 aromatic carbocycles. The molecule has 2 atom stereocenters. The van der Waals surface area contributed by atoms with Crippen LogP contribution < -0.4 is 5.32 Å². The van der Waals surface area contributed by atoms with Gasteiger partial charge in [-0.15, -0.1) is 0 Å². The van der Waals surface area contributed by atoms with E-state index in [9.17, 15) is 0 Å². The fourth-order valence-corrected chi connectivity index (χ4v) is 2.13. The normalized spacial score (nSPS) is 14.2. The molecule has 1 aromatic rings. The first kappa shape index (κ1) is 17.2. The number of aryl methyl sites for hydroxylation is 1. The van der Waals surface area contributed by atoms with Gasteiger partial charge in [0.15, 0.2) is 0 Å². The van der Waals surface area contributed by atoms with Gasteiger partial charge in [0.05, 0.1) is 18.8 Å². The van der Waals surface area contributed by atoms with Crippen molar-refractivity contribution in [1.29, 1.82) is 0 Å². The molecule has 2 unspecified atom stereocenters. The Morgan fingerprint density at radius 2 is 2.05 bits per heavy atom.